The van der Waals surface area contributed by atoms with Gasteiger partial charge in [0.15, 0.2) is 0 Å². The molecule has 0 saturated carbocycles. The zero-order valence-corrected chi connectivity index (χ0v) is 21.5. The molecular weight excluding hydrogens is 494 g/mol. The van der Waals surface area contributed by atoms with Gasteiger partial charge < -0.3 is 10.1 Å². The van der Waals surface area contributed by atoms with Gasteiger partial charge in [0.05, 0.1) is 32.4 Å². The molecule has 0 radical (unpaired) electrons. The number of nitrogens with one attached hydrogen (secondary N) is 1. The molecule has 0 aliphatic rings. The summed E-state index contributed by atoms with van der Waals surface area (Å²) in [6.45, 7) is 4.32. The zero-order chi connectivity index (χ0) is 25.3. The third-order valence-electron chi connectivity index (χ3n) is 5.77. The molecule has 0 fully saturated rings. The van der Waals surface area contributed by atoms with Crippen LogP contribution in [0.2, 0.25) is 0 Å². The number of hydrogen-bond acceptors (Lipinski definition) is 6. The Balaban J connectivity index is 1.22. The molecule has 0 bridgehead atoms. The molecule has 5 rings (SSSR count). The molecule has 1 N–H and O–H groups in total. The van der Waals surface area contributed by atoms with E-state index in [1.165, 1.54) is 23.1 Å². The highest BCUT2D eigenvalue weighted by atomic mass is 32.1. The number of benzene rings is 3. The van der Waals surface area contributed by atoms with Crippen LogP contribution in [-0.2, 0) is 17.7 Å². The fraction of sp³-hybridized carbons (Fsp3) is 0.222. The van der Waals surface area contributed by atoms with Crippen LogP contribution in [0.5, 0.6) is 0 Å². The summed E-state index contributed by atoms with van der Waals surface area (Å²) < 4.78 is 10.8. The van der Waals surface area contributed by atoms with Crippen LogP contribution in [0.1, 0.15) is 19.4 Å². The van der Waals surface area contributed by atoms with Crippen molar-refractivity contribution in [2.75, 3.05) is 6.54 Å². The molecule has 36 heavy (non-hydrogen) atoms. The van der Waals surface area contributed by atoms with Crippen molar-refractivity contribution < 1.29 is 9.53 Å². The number of aromatic nitrogens is 2. The van der Waals surface area contributed by atoms with Gasteiger partial charge in [0, 0.05) is 13.0 Å². The Bertz CT molecular complexity index is 1660. The van der Waals surface area contributed by atoms with Crippen molar-refractivity contribution >= 4 is 49.3 Å². The van der Waals surface area contributed by atoms with E-state index >= 15 is 0 Å². The second-order valence-electron chi connectivity index (χ2n) is 9.10. The molecule has 0 aliphatic heterocycles. The minimum Gasteiger partial charge on any atom is -0.443 e. The van der Waals surface area contributed by atoms with E-state index in [9.17, 15) is 14.4 Å². The monoisotopic (exact) mass is 519 g/mol. The summed E-state index contributed by atoms with van der Waals surface area (Å²) >= 11 is 2.79. The summed E-state index contributed by atoms with van der Waals surface area (Å²) in [7, 11) is 0. The number of alkyl carbamates (subject to hydrolysis) is 1. The van der Waals surface area contributed by atoms with Crippen molar-refractivity contribution in [1.29, 1.82) is 0 Å². The Kier molecular flexibility index (Phi) is 6.51. The molecule has 3 aromatic carbocycles. The highest BCUT2D eigenvalue weighted by Crippen LogP contribution is 2.24. The standard InChI is InChI=1S/C27H25N3O4S2/c1-27(2,34-26(33)28-14-15-29-24(31)20-10-6-7-11-22(20)35-29)17-18-12-13-23-21(16-18)25(32)30(36-23)19-8-4-3-5-9-19/h3-13,16H,14-15,17H2,1-2H3,(H,28,33). The molecule has 5 aromatic rings. The molecule has 9 heteroatoms. The topological polar surface area (TPSA) is 82.3 Å². The lowest BCUT2D eigenvalue weighted by Gasteiger charge is -2.25. The second-order valence-corrected chi connectivity index (χ2v) is 11.2. The number of nitrogens with zero attached hydrogens (tertiary/aromatic N) is 2. The van der Waals surface area contributed by atoms with Gasteiger partial charge in [-0.1, -0.05) is 59.5 Å². The van der Waals surface area contributed by atoms with Crippen molar-refractivity contribution in [2.24, 2.45) is 0 Å². The van der Waals surface area contributed by atoms with E-state index in [0.717, 1.165) is 20.7 Å². The first kappa shape index (κ1) is 24.0. The van der Waals surface area contributed by atoms with Crippen LogP contribution >= 0.6 is 23.1 Å². The van der Waals surface area contributed by atoms with Gasteiger partial charge in [0.2, 0.25) is 0 Å². The Hall–Kier alpha value is -3.69. The fourth-order valence-corrected chi connectivity index (χ4v) is 6.13. The second kappa shape index (κ2) is 9.75. The number of ether oxygens (including phenoxy) is 1. The van der Waals surface area contributed by atoms with Crippen LogP contribution in [0.15, 0.2) is 82.4 Å². The van der Waals surface area contributed by atoms with Crippen molar-refractivity contribution in [2.45, 2.75) is 32.4 Å². The molecular formula is C27H25N3O4S2. The van der Waals surface area contributed by atoms with Gasteiger partial charge in [-0.15, -0.1) is 0 Å². The number of carbonyl (C=O) groups excluding carboxylic acids is 1. The van der Waals surface area contributed by atoms with E-state index < -0.39 is 11.7 Å². The average molecular weight is 520 g/mol. The lowest BCUT2D eigenvalue weighted by Crippen LogP contribution is -2.37. The number of rotatable bonds is 7. The van der Waals surface area contributed by atoms with E-state index in [-0.39, 0.29) is 17.7 Å². The van der Waals surface area contributed by atoms with E-state index in [0.29, 0.717) is 23.7 Å². The Labute approximate surface area is 215 Å². The first-order valence-corrected chi connectivity index (χ1v) is 13.1. The lowest BCUT2D eigenvalue weighted by molar-refractivity contribution is 0.0393. The molecule has 0 saturated heterocycles. The van der Waals surface area contributed by atoms with Gasteiger partial charge in [-0.25, -0.2) is 8.75 Å². The molecule has 7 nitrogen and oxygen atoms in total. The van der Waals surface area contributed by atoms with Crippen LogP contribution in [0, 0.1) is 0 Å². The summed E-state index contributed by atoms with van der Waals surface area (Å²) in [5.74, 6) is 0. The smallest absolute Gasteiger partial charge is 0.407 e. The summed E-state index contributed by atoms with van der Waals surface area (Å²) in [6, 6.07) is 22.8. The third kappa shape index (κ3) is 4.98. The molecule has 184 valence electrons. The van der Waals surface area contributed by atoms with E-state index in [2.05, 4.69) is 5.32 Å². The van der Waals surface area contributed by atoms with Gasteiger partial charge in [-0.2, -0.15) is 0 Å². The van der Waals surface area contributed by atoms with E-state index in [1.54, 1.807) is 14.0 Å². The number of amides is 1. The Morgan fingerprint density at radius 1 is 0.889 bits per heavy atom. The number of carbonyl (C=O) groups is 1. The molecule has 0 atom stereocenters. The number of hydrogen-bond donors (Lipinski definition) is 1. The van der Waals surface area contributed by atoms with Gasteiger partial charge in [0.25, 0.3) is 11.1 Å². The predicted octanol–water partition coefficient (Wildman–Crippen LogP) is 5.18. The molecule has 1 amide bonds. The maximum atomic E-state index is 13.0. The van der Waals surface area contributed by atoms with E-state index in [1.807, 2.05) is 80.6 Å². The van der Waals surface area contributed by atoms with Gasteiger partial charge >= 0.3 is 6.09 Å². The molecule has 2 heterocycles. The van der Waals surface area contributed by atoms with E-state index in [4.69, 9.17) is 4.74 Å². The first-order valence-electron chi connectivity index (χ1n) is 11.6. The maximum absolute atomic E-state index is 13.0. The number of fused-ring (bicyclic) bond motifs is 2. The van der Waals surface area contributed by atoms with Crippen LogP contribution in [0.3, 0.4) is 0 Å². The third-order valence-corrected chi connectivity index (χ3v) is 8.01. The summed E-state index contributed by atoms with van der Waals surface area (Å²) in [5.41, 5.74) is 0.841. The summed E-state index contributed by atoms with van der Waals surface area (Å²) in [4.78, 5) is 37.9. The first-order chi connectivity index (χ1) is 17.3. The van der Waals surface area contributed by atoms with Crippen LogP contribution in [0.25, 0.3) is 25.9 Å². The quantitative estimate of drug-likeness (QED) is 0.321. The average Bonchev–Trinajstić information content (AvgIpc) is 3.35. The van der Waals surface area contributed by atoms with Crippen LogP contribution in [-0.4, -0.2) is 26.2 Å². The van der Waals surface area contributed by atoms with Crippen molar-refractivity contribution in [3.05, 3.63) is 99.1 Å². The largest absolute Gasteiger partial charge is 0.443 e. The maximum Gasteiger partial charge on any atom is 0.407 e. The predicted molar refractivity (Wildman–Crippen MR) is 146 cm³/mol. The van der Waals surface area contributed by atoms with Gasteiger partial charge in [-0.05, 0) is 55.8 Å². The molecule has 0 unspecified atom stereocenters. The lowest BCUT2D eigenvalue weighted by atomic mass is 9.98. The van der Waals surface area contributed by atoms with Gasteiger partial charge in [-0.3, -0.25) is 13.5 Å². The fourth-order valence-electron chi connectivity index (χ4n) is 4.16. The highest BCUT2D eigenvalue weighted by Gasteiger charge is 2.24. The SMILES string of the molecule is CC(C)(Cc1ccc2sn(-c3ccccc3)c(=O)c2c1)OC(=O)NCCn1sc2ccccc2c1=O. The minimum atomic E-state index is -0.791. The highest BCUT2D eigenvalue weighted by molar-refractivity contribution is 7.14. The van der Waals surface area contributed by atoms with Crippen molar-refractivity contribution in [3.63, 3.8) is 0 Å². The van der Waals surface area contributed by atoms with Gasteiger partial charge in [0.1, 0.15) is 5.60 Å². The Morgan fingerprint density at radius 2 is 1.61 bits per heavy atom. The zero-order valence-electron chi connectivity index (χ0n) is 19.9. The normalized spacial score (nSPS) is 11.7. The Morgan fingerprint density at radius 3 is 2.39 bits per heavy atom. The summed E-state index contributed by atoms with van der Waals surface area (Å²) in [5, 5.41) is 4.07. The number of para-hydroxylation sites is 1. The summed E-state index contributed by atoms with van der Waals surface area (Å²) in [6.07, 6.45) is -0.0931. The van der Waals surface area contributed by atoms with Crippen LogP contribution < -0.4 is 16.4 Å². The molecule has 0 aliphatic carbocycles. The van der Waals surface area contributed by atoms with Crippen molar-refractivity contribution in [1.82, 2.24) is 13.2 Å². The molecule has 2 aromatic heterocycles. The minimum absolute atomic E-state index is 0.0544. The van der Waals surface area contributed by atoms with Crippen molar-refractivity contribution in [3.8, 4) is 5.69 Å². The molecule has 0 spiro atoms. The van der Waals surface area contributed by atoms with Crippen LogP contribution in [0.4, 0.5) is 4.79 Å².